The van der Waals surface area contributed by atoms with E-state index in [1.807, 2.05) is 0 Å². The van der Waals surface area contributed by atoms with Crippen LogP contribution in [0.15, 0.2) is 34.6 Å². The van der Waals surface area contributed by atoms with Crippen molar-refractivity contribution < 1.29 is 53.7 Å². The molecular weight excluding hydrogens is 716 g/mol. The summed E-state index contributed by atoms with van der Waals surface area (Å²) in [5, 5.41) is 44.2. The number of hydrogen-bond donors (Lipinski definition) is 4. The van der Waals surface area contributed by atoms with Crippen LogP contribution >= 0.6 is 34.7 Å². The Balaban J connectivity index is 1.31. The van der Waals surface area contributed by atoms with Gasteiger partial charge in [-0.3, -0.25) is 19.3 Å². The second-order valence-corrected chi connectivity index (χ2v) is 15.1. The molecule has 2 amide bonds. The third-order valence-corrected chi connectivity index (χ3v) is 11.5. The van der Waals surface area contributed by atoms with E-state index in [4.69, 9.17) is 22.2 Å². The first kappa shape index (κ1) is 36.9. The molecule has 4 heterocycles. The number of rotatable bonds is 14. The van der Waals surface area contributed by atoms with Crippen LogP contribution in [0.4, 0.5) is 5.13 Å². The van der Waals surface area contributed by atoms with E-state index in [1.54, 1.807) is 7.05 Å². The lowest BCUT2D eigenvalue weighted by Gasteiger charge is -2.51. The number of benzene rings is 1. The number of nitrogens with two attached hydrogens (primary N) is 1. The number of Topliss-reactive ketones (excluding diaryl/α,β-unsaturated/α-hetero) is 1. The average molecular weight is 751 g/mol. The third-order valence-electron chi connectivity index (χ3n) is 9.02. The summed E-state index contributed by atoms with van der Waals surface area (Å²) in [6, 6.07) is 3.84. The molecule has 268 valence electrons. The second-order valence-electron chi connectivity index (χ2n) is 12.4. The summed E-state index contributed by atoms with van der Waals surface area (Å²) in [7, 11) is 1.62. The van der Waals surface area contributed by atoms with Crippen LogP contribution in [0.5, 0.6) is 11.5 Å². The van der Waals surface area contributed by atoms with Gasteiger partial charge in [-0.25, -0.2) is 9.78 Å². The number of aromatic nitrogens is 1. The Morgan fingerprint density at radius 2 is 1.94 bits per heavy atom. The SMILES string of the molecule is C[C@H](O/N=C(/C(=O)C[C@@H]1C(=O)N2C(C(=O)[O-])=C(C[N+]3(CCN(C)C(=O)c4ccc(O)c(O)c4)CCCC3)CS[C@H]12)c1nc(N)sc1Cl)C(=O)O. The number of phenolic OH excluding ortho intramolecular Hbond substituents is 2. The number of phenols is 2. The molecule has 0 unspecified atom stereocenters. The number of nitrogen functional groups attached to an aromatic ring is 1. The Morgan fingerprint density at radius 1 is 1.24 bits per heavy atom. The molecule has 16 nitrogen and oxygen atoms in total. The number of amides is 2. The molecule has 0 saturated carbocycles. The predicted molar refractivity (Wildman–Crippen MR) is 180 cm³/mol. The number of thioether (sulfide) groups is 1. The highest BCUT2D eigenvalue weighted by molar-refractivity contribution is 8.00. The maximum absolute atomic E-state index is 13.5. The molecule has 1 aromatic heterocycles. The van der Waals surface area contributed by atoms with Gasteiger partial charge in [0.1, 0.15) is 16.6 Å². The van der Waals surface area contributed by atoms with Gasteiger partial charge in [0, 0.05) is 43.2 Å². The Hall–Kier alpha value is -4.39. The van der Waals surface area contributed by atoms with Gasteiger partial charge in [0.05, 0.1) is 49.1 Å². The molecule has 2 aromatic rings. The highest BCUT2D eigenvalue weighted by Gasteiger charge is 2.53. The number of ketones is 1. The van der Waals surface area contributed by atoms with Gasteiger partial charge in [0.25, 0.3) is 5.91 Å². The Morgan fingerprint density at radius 3 is 2.54 bits per heavy atom. The van der Waals surface area contributed by atoms with E-state index in [1.165, 1.54) is 41.8 Å². The van der Waals surface area contributed by atoms with E-state index >= 15 is 0 Å². The zero-order valence-corrected chi connectivity index (χ0v) is 29.4. The van der Waals surface area contributed by atoms with Gasteiger partial charge in [0.15, 0.2) is 28.1 Å². The van der Waals surface area contributed by atoms with Crippen LogP contribution in [-0.2, 0) is 24.0 Å². The quantitative estimate of drug-likeness (QED) is 0.0690. The molecule has 0 aliphatic carbocycles. The Labute approximate surface area is 299 Å². The second kappa shape index (κ2) is 14.8. The van der Waals surface area contributed by atoms with E-state index in [2.05, 4.69) is 10.1 Å². The number of fused-ring (bicyclic) bond motifs is 1. The van der Waals surface area contributed by atoms with Crippen molar-refractivity contribution in [3.8, 4) is 11.5 Å². The molecule has 0 bridgehead atoms. The van der Waals surface area contributed by atoms with Crippen molar-refractivity contribution in [2.24, 2.45) is 11.1 Å². The van der Waals surface area contributed by atoms with Crippen LogP contribution in [0.1, 0.15) is 42.2 Å². The van der Waals surface area contributed by atoms with Crippen LogP contribution in [0.2, 0.25) is 4.34 Å². The van der Waals surface area contributed by atoms with Crippen molar-refractivity contribution >= 4 is 75.1 Å². The number of carbonyl (C=O) groups is 5. The summed E-state index contributed by atoms with van der Waals surface area (Å²) in [5.41, 5.74) is 5.70. The number of likely N-dealkylation sites (tertiary alicyclic amines) is 1. The lowest BCUT2D eigenvalue weighted by molar-refractivity contribution is -0.911. The molecule has 2 saturated heterocycles. The lowest BCUT2D eigenvalue weighted by Crippen LogP contribution is -2.64. The minimum Gasteiger partial charge on any atom is -0.543 e. The molecule has 3 aliphatic rings. The van der Waals surface area contributed by atoms with Gasteiger partial charge < -0.3 is 45.2 Å². The molecule has 3 atom stereocenters. The van der Waals surface area contributed by atoms with Crippen molar-refractivity contribution in [3.63, 3.8) is 0 Å². The van der Waals surface area contributed by atoms with Crippen molar-refractivity contribution in [1.29, 1.82) is 0 Å². The number of anilines is 1. The van der Waals surface area contributed by atoms with Gasteiger partial charge in [-0.05, 0) is 25.1 Å². The maximum Gasteiger partial charge on any atom is 0.347 e. The van der Waals surface area contributed by atoms with Crippen LogP contribution in [-0.4, -0.2) is 127 Å². The van der Waals surface area contributed by atoms with Gasteiger partial charge in [-0.15, -0.1) is 11.8 Å². The summed E-state index contributed by atoms with van der Waals surface area (Å²) in [5.74, 6) is -5.92. The first-order chi connectivity index (χ1) is 23.6. The number of likely N-dealkylation sites (N-methyl/N-ethyl adjacent to an activating group) is 1. The Kier molecular flexibility index (Phi) is 10.9. The number of carboxylic acids is 2. The number of oxime groups is 1. The fourth-order valence-electron chi connectivity index (χ4n) is 6.30. The number of halogens is 1. The molecule has 19 heteroatoms. The molecule has 3 aliphatic heterocycles. The topological polar surface area (TPSA) is 236 Å². The number of hydrogen-bond acceptors (Lipinski definition) is 14. The van der Waals surface area contributed by atoms with Crippen LogP contribution in [0.25, 0.3) is 0 Å². The number of aliphatic carboxylic acids is 2. The van der Waals surface area contributed by atoms with Crippen molar-refractivity contribution in [2.45, 2.75) is 37.7 Å². The highest BCUT2D eigenvalue weighted by Crippen LogP contribution is 2.46. The van der Waals surface area contributed by atoms with Crippen molar-refractivity contribution in [1.82, 2.24) is 14.8 Å². The summed E-state index contributed by atoms with van der Waals surface area (Å²) in [4.78, 5) is 75.5. The number of carboxylic acid groups (broad SMARTS) is 2. The maximum atomic E-state index is 13.5. The van der Waals surface area contributed by atoms with Gasteiger partial charge in [-0.2, -0.15) is 0 Å². The average Bonchev–Trinajstić information content (AvgIpc) is 3.67. The normalized spacial score (nSPS) is 20.6. The Bertz CT molecular complexity index is 1790. The fourth-order valence-corrected chi connectivity index (χ4v) is 8.63. The van der Waals surface area contributed by atoms with Gasteiger partial charge >= 0.3 is 5.97 Å². The molecule has 0 radical (unpaired) electrons. The molecular formula is C31H35ClN6O10S2. The van der Waals surface area contributed by atoms with Crippen molar-refractivity contribution in [3.05, 3.63) is 45.1 Å². The molecule has 0 spiro atoms. The standard InChI is InChI=1S/C31H35ClN6O10S2/c1-15(29(44)45)48-35-22(23-25(32)50-31(33)34-23)21(41)12-18-27(43)37-24(30(46)47)17(14-49-28(18)37)13-38(8-3-4-9-38)10-7-36(2)26(42)16-5-6-19(39)20(40)11-16/h5-6,11,15,18,28H,3-4,7-10,12-14H2,1-2H3,(H5-,33,34,35,39,40,41,42,44,45,46,47)/t15-,18+,28+/m0/s1. The molecule has 5 rings (SSSR count). The van der Waals surface area contributed by atoms with E-state index < -0.39 is 58.9 Å². The first-order valence-corrected chi connectivity index (χ1v) is 17.8. The van der Waals surface area contributed by atoms with Crippen LogP contribution in [0.3, 0.4) is 0 Å². The zero-order valence-electron chi connectivity index (χ0n) is 27.0. The first-order valence-electron chi connectivity index (χ1n) is 15.5. The number of β-lactam (4-membered cyclic amide) rings is 1. The number of thiazole rings is 1. The molecule has 1 aromatic carbocycles. The third kappa shape index (κ3) is 7.52. The highest BCUT2D eigenvalue weighted by atomic mass is 35.5. The number of nitrogens with zero attached hydrogens (tertiary/aromatic N) is 5. The largest absolute Gasteiger partial charge is 0.543 e. The summed E-state index contributed by atoms with van der Waals surface area (Å²) >= 11 is 8.39. The van der Waals surface area contributed by atoms with E-state index in [9.17, 15) is 44.4 Å². The zero-order chi connectivity index (χ0) is 36.5. The van der Waals surface area contributed by atoms with Gasteiger partial charge in [-0.1, -0.05) is 28.1 Å². The minimum atomic E-state index is -1.51. The number of quaternary nitrogens is 1. The number of carbonyl (C=O) groups excluding carboxylic acids is 4. The van der Waals surface area contributed by atoms with Crippen LogP contribution in [0, 0.1) is 5.92 Å². The molecule has 2 fully saturated rings. The molecule has 5 N–H and O–H groups in total. The summed E-state index contributed by atoms with van der Waals surface area (Å²) in [6.07, 6.45) is -0.0204. The predicted octanol–water partition coefficient (Wildman–Crippen LogP) is 0.861. The monoisotopic (exact) mass is 750 g/mol. The molecule has 50 heavy (non-hydrogen) atoms. The summed E-state index contributed by atoms with van der Waals surface area (Å²) in [6.45, 7) is 3.82. The summed E-state index contributed by atoms with van der Waals surface area (Å²) < 4.78 is 0.502. The smallest absolute Gasteiger partial charge is 0.347 e. The van der Waals surface area contributed by atoms with E-state index in [0.29, 0.717) is 29.7 Å². The minimum absolute atomic E-state index is 0.00997. The van der Waals surface area contributed by atoms with Crippen LogP contribution < -0.4 is 10.8 Å². The van der Waals surface area contributed by atoms with E-state index in [-0.39, 0.29) is 43.8 Å². The van der Waals surface area contributed by atoms with Gasteiger partial charge in [0.2, 0.25) is 12.0 Å². The lowest BCUT2D eigenvalue weighted by atomic mass is 9.89. The van der Waals surface area contributed by atoms with Crippen molar-refractivity contribution in [2.75, 3.05) is 51.3 Å². The number of aromatic hydroxyl groups is 2. The fraction of sp³-hybridized carbons (Fsp3) is 0.452. The van der Waals surface area contributed by atoms with E-state index in [0.717, 1.165) is 42.2 Å².